The van der Waals surface area contributed by atoms with Crippen LogP contribution < -0.4 is 0 Å². The van der Waals surface area contributed by atoms with Crippen LogP contribution in [0.2, 0.25) is 0 Å². The summed E-state index contributed by atoms with van der Waals surface area (Å²) in [5.74, 6) is -0.117. The van der Waals surface area contributed by atoms with Gasteiger partial charge in [0.2, 0.25) is 0 Å². The summed E-state index contributed by atoms with van der Waals surface area (Å²) in [4.78, 5) is 12.7. The number of hydrogen-bond donors (Lipinski definition) is 0. The second-order valence-electron chi connectivity index (χ2n) is 5.30. The van der Waals surface area contributed by atoms with E-state index in [1.165, 1.54) is 33.6 Å². The predicted octanol–water partition coefficient (Wildman–Crippen LogP) is 4.72. The van der Waals surface area contributed by atoms with E-state index in [9.17, 15) is 4.79 Å². The maximum Gasteiger partial charge on any atom is 0.348 e. The molecule has 3 heteroatoms. The molecule has 0 unspecified atom stereocenters. The van der Waals surface area contributed by atoms with Crippen molar-refractivity contribution >= 4 is 17.3 Å². The molecule has 0 saturated carbocycles. The highest BCUT2D eigenvalue weighted by atomic mass is 32.1. The minimum atomic E-state index is -0.239. The van der Waals surface area contributed by atoms with Crippen LogP contribution in [-0.4, -0.2) is 12.6 Å². The summed E-state index contributed by atoms with van der Waals surface area (Å²) >= 11 is 1.41. The highest BCUT2D eigenvalue weighted by Gasteiger charge is 2.29. The normalized spacial score (nSPS) is 12.7. The van der Waals surface area contributed by atoms with E-state index in [2.05, 4.69) is 36.4 Å². The molecule has 22 heavy (non-hydrogen) atoms. The van der Waals surface area contributed by atoms with Crippen LogP contribution in [0.1, 0.15) is 26.7 Å². The Morgan fingerprint density at radius 2 is 1.55 bits per heavy atom. The fourth-order valence-corrected chi connectivity index (χ4v) is 3.68. The molecule has 0 saturated heterocycles. The van der Waals surface area contributed by atoms with E-state index in [0.717, 1.165) is 0 Å². The van der Waals surface area contributed by atoms with Crippen LogP contribution in [0, 0.1) is 0 Å². The predicted molar refractivity (Wildman–Crippen MR) is 88.3 cm³/mol. The van der Waals surface area contributed by atoms with Crippen molar-refractivity contribution in [2.24, 2.45) is 0 Å². The maximum atomic E-state index is 12.1. The number of hydrogen-bond acceptors (Lipinski definition) is 3. The van der Waals surface area contributed by atoms with Gasteiger partial charge in [0.25, 0.3) is 0 Å². The van der Waals surface area contributed by atoms with Crippen molar-refractivity contribution in [2.45, 2.75) is 5.92 Å². The first kappa shape index (κ1) is 13.3. The van der Waals surface area contributed by atoms with Crippen LogP contribution in [0.5, 0.6) is 0 Å². The molecule has 1 aromatic heterocycles. The minimum absolute atomic E-state index is 0.122. The van der Waals surface area contributed by atoms with Gasteiger partial charge in [-0.15, -0.1) is 11.3 Å². The standard InChI is InChI=1S/C19H14O2S/c20-19(18-10-5-11-22-18)21-12-17-15-8-3-1-6-13(15)14-7-2-4-9-16(14)17/h1-11,17H,12H2. The van der Waals surface area contributed by atoms with Gasteiger partial charge in [-0.05, 0) is 33.7 Å². The summed E-state index contributed by atoms with van der Waals surface area (Å²) < 4.78 is 5.56. The molecular weight excluding hydrogens is 292 g/mol. The molecule has 0 atom stereocenters. The average Bonchev–Trinajstić information content (AvgIpc) is 3.20. The number of fused-ring (bicyclic) bond motifs is 3. The van der Waals surface area contributed by atoms with Crippen molar-refractivity contribution in [2.75, 3.05) is 6.61 Å². The van der Waals surface area contributed by atoms with Gasteiger partial charge in [-0.3, -0.25) is 0 Å². The summed E-state index contributed by atoms with van der Waals surface area (Å²) in [6.45, 7) is 0.380. The van der Waals surface area contributed by atoms with Crippen molar-refractivity contribution in [3.05, 3.63) is 82.0 Å². The van der Waals surface area contributed by atoms with Gasteiger partial charge in [0, 0.05) is 5.92 Å². The number of ether oxygens (including phenoxy) is 1. The first-order valence-electron chi connectivity index (χ1n) is 7.23. The molecule has 1 heterocycles. The van der Waals surface area contributed by atoms with Gasteiger partial charge in [-0.1, -0.05) is 54.6 Å². The number of carbonyl (C=O) groups excluding carboxylic acids is 1. The first-order chi connectivity index (χ1) is 10.8. The second kappa shape index (κ2) is 5.43. The lowest BCUT2D eigenvalue weighted by Gasteiger charge is -2.13. The van der Waals surface area contributed by atoms with Crippen molar-refractivity contribution in [3.8, 4) is 11.1 Å². The Bertz CT molecular complexity index is 775. The molecule has 0 amide bonds. The van der Waals surface area contributed by atoms with Gasteiger partial charge in [0.05, 0.1) is 0 Å². The van der Waals surface area contributed by atoms with E-state index < -0.39 is 0 Å². The van der Waals surface area contributed by atoms with Crippen LogP contribution in [0.15, 0.2) is 66.0 Å². The molecule has 0 spiro atoms. The summed E-state index contributed by atoms with van der Waals surface area (Å²) in [7, 11) is 0. The van der Waals surface area contributed by atoms with Crippen LogP contribution >= 0.6 is 11.3 Å². The zero-order valence-electron chi connectivity index (χ0n) is 11.9. The Hall–Kier alpha value is -2.39. The quantitative estimate of drug-likeness (QED) is 0.655. The Morgan fingerprint density at radius 3 is 2.14 bits per heavy atom. The smallest absolute Gasteiger partial charge is 0.348 e. The Kier molecular flexibility index (Phi) is 3.28. The van der Waals surface area contributed by atoms with Gasteiger partial charge in [-0.25, -0.2) is 4.79 Å². The monoisotopic (exact) mass is 306 g/mol. The Morgan fingerprint density at radius 1 is 0.909 bits per heavy atom. The third kappa shape index (κ3) is 2.14. The van der Waals surface area contributed by atoms with Crippen LogP contribution in [0.3, 0.4) is 0 Å². The summed E-state index contributed by atoms with van der Waals surface area (Å²) in [5, 5.41) is 1.89. The fraction of sp³-hybridized carbons (Fsp3) is 0.105. The number of carbonyl (C=O) groups is 1. The van der Waals surface area contributed by atoms with Gasteiger partial charge < -0.3 is 4.74 Å². The SMILES string of the molecule is O=C(OCC1c2ccccc2-c2ccccc21)c1cccs1. The van der Waals surface area contributed by atoms with Crippen molar-refractivity contribution in [3.63, 3.8) is 0 Å². The van der Waals surface area contributed by atoms with Crippen molar-refractivity contribution in [1.29, 1.82) is 0 Å². The highest BCUT2D eigenvalue weighted by Crippen LogP contribution is 2.44. The third-order valence-electron chi connectivity index (χ3n) is 4.07. The number of thiophene rings is 1. The fourth-order valence-electron chi connectivity index (χ4n) is 3.06. The van der Waals surface area contributed by atoms with Crippen molar-refractivity contribution in [1.82, 2.24) is 0 Å². The Balaban J connectivity index is 1.63. The molecule has 1 aliphatic rings. The van der Waals surface area contributed by atoms with Gasteiger partial charge in [-0.2, -0.15) is 0 Å². The molecule has 4 rings (SSSR count). The Labute approximate surface area is 133 Å². The number of benzene rings is 2. The molecule has 108 valence electrons. The third-order valence-corrected chi connectivity index (χ3v) is 4.92. The molecule has 3 aromatic rings. The van der Waals surface area contributed by atoms with E-state index in [4.69, 9.17) is 4.74 Å². The molecule has 0 bridgehead atoms. The summed E-state index contributed by atoms with van der Waals surface area (Å²) in [6.07, 6.45) is 0. The molecule has 0 radical (unpaired) electrons. The zero-order chi connectivity index (χ0) is 14.9. The van der Waals surface area contributed by atoms with E-state index in [1.54, 1.807) is 6.07 Å². The van der Waals surface area contributed by atoms with Gasteiger partial charge >= 0.3 is 5.97 Å². The van der Waals surface area contributed by atoms with E-state index in [1.807, 2.05) is 23.6 Å². The maximum absolute atomic E-state index is 12.1. The lowest BCUT2D eigenvalue weighted by atomic mass is 9.98. The summed E-state index contributed by atoms with van der Waals surface area (Å²) in [6, 6.07) is 20.4. The molecule has 0 fully saturated rings. The number of rotatable bonds is 3. The van der Waals surface area contributed by atoms with Gasteiger partial charge in [0.15, 0.2) is 0 Å². The zero-order valence-corrected chi connectivity index (χ0v) is 12.7. The molecular formula is C19H14O2S. The first-order valence-corrected chi connectivity index (χ1v) is 8.11. The largest absolute Gasteiger partial charge is 0.460 e. The highest BCUT2D eigenvalue weighted by molar-refractivity contribution is 7.11. The van der Waals surface area contributed by atoms with E-state index in [0.29, 0.717) is 11.5 Å². The molecule has 0 N–H and O–H groups in total. The van der Waals surface area contributed by atoms with Gasteiger partial charge in [0.1, 0.15) is 11.5 Å². The topological polar surface area (TPSA) is 26.3 Å². The molecule has 0 aliphatic heterocycles. The summed E-state index contributed by atoms with van der Waals surface area (Å²) in [5.41, 5.74) is 4.97. The lowest BCUT2D eigenvalue weighted by molar-refractivity contribution is 0.0499. The minimum Gasteiger partial charge on any atom is -0.460 e. The van der Waals surface area contributed by atoms with Crippen LogP contribution in [0.4, 0.5) is 0 Å². The molecule has 2 aromatic carbocycles. The lowest BCUT2D eigenvalue weighted by Crippen LogP contribution is -2.11. The molecule has 2 nitrogen and oxygen atoms in total. The number of esters is 1. The van der Waals surface area contributed by atoms with Crippen LogP contribution in [0.25, 0.3) is 11.1 Å². The second-order valence-corrected chi connectivity index (χ2v) is 6.25. The average molecular weight is 306 g/mol. The van der Waals surface area contributed by atoms with E-state index >= 15 is 0 Å². The van der Waals surface area contributed by atoms with Crippen LogP contribution in [-0.2, 0) is 4.74 Å². The van der Waals surface area contributed by atoms with E-state index in [-0.39, 0.29) is 11.9 Å². The molecule has 1 aliphatic carbocycles. The van der Waals surface area contributed by atoms with Crippen molar-refractivity contribution < 1.29 is 9.53 Å².